The number of carbonyl (C=O) groups is 1. The number of carbonyl (C=O) groups excluding carboxylic acids is 1. The Morgan fingerprint density at radius 2 is 2.23 bits per heavy atom. The van der Waals surface area contributed by atoms with Gasteiger partial charge in [0.05, 0.1) is 20.8 Å². The molecule has 26 heavy (non-hydrogen) atoms. The molecule has 2 heterocycles. The first-order valence-electron chi connectivity index (χ1n) is 7.89. The van der Waals surface area contributed by atoms with Crippen LogP contribution >= 0.6 is 34.7 Å². The smallest absolute Gasteiger partial charge is 0.237 e. The van der Waals surface area contributed by atoms with E-state index >= 15 is 0 Å². The summed E-state index contributed by atoms with van der Waals surface area (Å²) in [6.07, 6.45) is 0. The van der Waals surface area contributed by atoms with E-state index in [2.05, 4.69) is 15.5 Å². The number of anilines is 1. The van der Waals surface area contributed by atoms with Gasteiger partial charge >= 0.3 is 0 Å². The summed E-state index contributed by atoms with van der Waals surface area (Å²) < 4.78 is 15.1. The molecule has 1 atom stereocenters. The van der Waals surface area contributed by atoms with Gasteiger partial charge < -0.3 is 9.88 Å². The van der Waals surface area contributed by atoms with Crippen LogP contribution in [0, 0.1) is 5.82 Å². The first-order valence-corrected chi connectivity index (χ1v) is 10.0. The standard InChI is InChI=1S/C17H16ClFN4OS2/c1-3-23-15(14-5-4-8-25-14)21-22-17(23)26-10(2)16(24)20-13-7-6-11(19)9-12(13)18/h4-10H,3H2,1-2H3,(H,20,24)/t10-/m1/s1. The number of hydrogen-bond donors (Lipinski definition) is 1. The normalized spacial score (nSPS) is 12.2. The Morgan fingerprint density at radius 1 is 1.42 bits per heavy atom. The summed E-state index contributed by atoms with van der Waals surface area (Å²) >= 11 is 8.87. The minimum atomic E-state index is -0.451. The van der Waals surface area contributed by atoms with Gasteiger partial charge in [0.2, 0.25) is 5.91 Å². The number of nitrogens with one attached hydrogen (secondary N) is 1. The molecule has 0 aliphatic heterocycles. The molecule has 3 aromatic rings. The lowest BCUT2D eigenvalue weighted by Gasteiger charge is -2.13. The molecule has 0 unspecified atom stereocenters. The number of aromatic nitrogens is 3. The fourth-order valence-electron chi connectivity index (χ4n) is 2.29. The summed E-state index contributed by atoms with van der Waals surface area (Å²) in [5.74, 6) is 0.0959. The van der Waals surface area contributed by atoms with E-state index in [0.717, 1.165) is 16.8 Å². The molecule has 1 aromatic carbocycles. The first kappa shape index (κ1) is 18.9. The zero-order chi connectivity index (χ0) is 18.7. The molecule has 1 N–H and O–H groups in total. The van der Waals surface area contributed by atoms with Crippen molar-refractivity contribution in [2.45, 2.75) is 30.8 Å². The molecule has 0 spiro atoms. The highest BCUT2D eigenvalue weighted by atomic mass is 35.5. The molecule has 2 aromatic heterocycles. The van der Waals surface area contributed by atoms with Crippen LogP contribution in [-0.4, -0.2) is 25.9 Å². The second-order valence-corrected chi connectivity index (χ2v) is 8.06. The number of nitrogens with zero attached hydrogens (tertiary/aromatic N) is 3. The van der Waals surface area contributed by atoms with Crippen LogP contribution in [0.5, 0.6) is 0 Å². The highest BCUT2D eigenvalue weighted by molar-refractivity contribution is 8.00. The topological polar surface area (TPSA) is 59.8 Å². The van der Waals surface area contributed by atoms with Crippen LogP contribution in [0.4, 0.5) is 10.1 Å². The summed E-state index contributed by atoms with van der Waals surface area (Å²) in [6, 6.07) is 7.80. The monoisotopic (exact) mass is 410 g/mol. The van der Waals surface area contributed by atoms with E-state index in [4.69, 9.17) is 11.6 Å². The van der Waals surface area contributed by atoms with Crippen molar-refractivity contribution in [1.82, 2.24) is 14.8 Å². The van der Waals surface area contributed by atoms with Gasteiger partial charge in [0, 0.05) is 6.54 Å². The molecule has 0 saturated carbocycles. The maximum atomic E-state index is 13.1. The van der Waals surface area contributed by atoms with Gasteiger partial charge in [-0.2, -0.15) is 0 Å². The first-order chi connectivity index (χ1) is 12.5. The minimum Gasteiger partial charge on any atom is -0.324 e. The number of hydrogen-bond acceptors (Lipinski definition) is 5. The predicted molar refractivity (Wildman–Crippen MR) is 104 cm³/mol. The third-order valence-corrected chi connectivity index (χ3v) is 5.87. The highest BCUT2D eigenvalue weighted by Gasteiger charge is 2.21. The molecule has 0 aliphatic carbocycles. The van der Waals surface area contributed by atoms with Gasteiger partial charge in [0.1, 0.15) is 5.82 Å². The fourth-order valence-corrected chi connectivity index (χ4v) is 4.13. The number of thiophene rings is 1. The second-order valence-electron chi connectivity index (χ2n) is 5.40. The molecule has 5 nitrogen and oxygen atoms in total. The Kier molecular flexibility index (Phi) is 5.95. The van der Waals surface area contributed by atoms with Gasteiger partial charge in [-0.15, -0.1) is 21.5 Å². The summed E-state index contributed by atoms with van der Waals surface area (Å²) in [4.78, 5) is 13.5. The zero-order valence-corrected chi connectivity index (χ0v) is 16.5. The van der Waals surface area contributed by atoms with E-state index in [1.54, 1.807) is 18.3 Å². The maximum absolute atomic E-state index is 13.1. The molecule has 0 fully saturated rings. The largest absolute Gasteiger partial charge is 0.324 e. The third-order valence-electron chi connectivity index (χ3n) is 3.62. The van der Waals surface area contributed by atoms with Gasteiger partial charge in [-0.05, 0) is 43.5 Å². The molecule has 0 aliphatic rings. The van der Waals surface area contributed by atoms with Gasteiger partial charge in [0.25, 0.3) is 0 Å². The quantitative estimate of drug-likeness (QED) is 0.585. The SMILES string of the molecule is CCn1c(S[C@H](C)C(=O)Nc2ccc(F)cc2Cl)nnc1-c1cccs1. The predicted octanol–water partition coefficient (Wildman–Crippen LogP) is 4.94. The van der Waals surface area contributed by atoms with Crippen molar-refractivity contribution >= 4 is 46.3 Å². The van der Waals surface area contributed by atoms with Crippen LogP contribution in [0.1, 0.15) is 13.8 Å². The van der Waals surface area contributed by atoms with E-state index < -0.39 is 11.1 Å². The Balaban J connectivity index is 1.73. The number of benzene rings is 1. The van der Waals surface area contributed by atoms with Crippen LogP contribution < -0.4 is 5.32 Å². The van der Waals surface area contributed by atoms with E-state index in [9.17, 15) is 9.18 Å². The molecular weight excluding hydrogens is 395 g/mol. The van der Waals surface area contributed by atoms with Crippen molar-refractivity contribution in [3.8, 4) is 10.7 Å². The Labute approximate surface area is 163 Å². The van der Waals surface area contributed by atoms with Crippen molar-refractivity contribution in [3.63, 3.8) is 0 Å². The molecule has 0 bridgehead atoms. The lowest BCUT2D eigenvalue weighted by Crippen LogP contribution is -2.23. The van der Waals surface area contributed by atoms with Crippen molar-refractivity contribution in [1.29, 1.82) is 0 Å². The molecule has 9 heteroatoms. The molecule has 0 saturated heterocycles. The zero-order valence-electron chi connectivity index (χ0n) is 14.1. The Morgan fingerprint density at radius 3 is 2.88 bits per heavy atom. The van der Waals surface area contributed by atoms with E-state index in [-0.39, 0.29) is 10.9 Å². The average Bonchev–Trinajstić information content (AvgIpc) is 3.26. The second kappa shape index (κ2) is 8.20. The highest BCUT2D eigenvalue weighted by Crippen LogP contribution is 2.30. The lowest BCUT2D eigenvalue weighted by molar-refractivity contribution is -0.115. The van der Waals surface area contributed by atoms with Crippen LogP contribution in [0.15, 0.2) is 40.9 Å². The van der Waals surface area contributed by atoms with E-state index in [0.29, 0.717) is 17.4 Å². The Hall–Kier alpha value is -1.90. The number of halogens is 2. The van der Waals surface area contributed by atoms with Gasteiger partial charge in [-0.1, -0.05) is 29.4 Å². The van der Waals surface area contributed by atoms with Crippen LogP contribution in [0.2, 0.25) is 5.02 Å². The average molecular weight is 411 g/mol. The molecule has 1 amide bonds. The fraction of sp³-hybridized carbons (Fsp3) is 0.235. The summed E-state index contributed by atoms with van der Waals surface area (Å²) in [7, 11) is 0. The molecule has 3 rings (SSSR count). The molecule has 0 radical (unpaired) electrons. The van der Waals surface area contributed by atoms with Crippen molar-refractivity contribution < 1.29 is 9.18 Å². The van der Waals surface area contributed by atoms with E-state index in [1.165, 1.54) is 23.9 Å². The van der Waals surface area contributed by atoms with Gasteiger partial charge in [-0.25, -0.2) is 4.39 Å². The van der Waals surface area contributed by atoms with Crippen molar-refractivity contribution in [3.05, 3.63) is 46.6 Å². The lowest BCUT2D eigenvalue weighted by atomic mass is 10.3. The van der Waals surface area contributed by atoms with Crippen LogP contribution in [0.25, 0.3) is 10.7 Å². The number of thioether (sulfide) groups is 1. The molecular formula is C17H16ClFN4OS2. The van der Waals surface area contributed by atoms with Crippen LogP contribution in [-0.2, 0) is 11.3 Å². The molecule has 136 valence electrons. The number of amides is 1. The maximum Gasteiger partial charge on any atom is 0.237 e. The number of rotatable bonds is 6. The third kappa shape index (κ3) is 4.08. The Bertz CT molecular complexity index is 914. The van der Waals surface area contributed by atoms with Crippen molar-refractivity contribution in [2.75, 3.05) is 5.32 Å². The minimum absolute atomic E-state index is 0.159. The summed E-state index contributed by atoms with van der Waals surface area (Å²) in [5.41, 5.74) is 0.377. The van der Waals surface area contributed by atoms with Gasteiger partial charge in [0.15, 0.2) is 11.0 Å². The van der Waals surface area contributed by atoms with Crippen LogP contribution in [0.3, 0.4) is 0 Å². The summed E-state index contributed by atoms with van der Waals surface area (Å²) in [6.45, 7) is 4.48. The van der Waals surface area contributed by atoms with Gasteiger partial charge in [-0.3, -0.25) is 4.79 Å². The summed E-state index contributed by atoms with van der Waals surface area (Å²) in [5, 5.41) is 13.6. The van der Waals surface area contributed by atoms with Crippen molar-refractivity contribution in [2.24, 2.45) is 0 Å². The van der Waals surface area contributed by atoms with E-state index in [1.807, 2.05) is 29.0 Å².